The Morgan fingerprint density at radius 3 is 1.43 bits per heavy atom. The van der Waals surface area contributed by atoms with Gasteiger partial charge in [-0.15, -0.1) is 0 Å². The van der Waals surface area contributed by atoms with Crippen molar-refractivity contribution in [2.24, 2.45) is 5.16 Å². The maximum atomic E-state index is 13.0. The van der Waals surface area contributed by atoms with Gasteiger partial charge < -0.3 is 15.4 Å². The minimum Gasteiger partial charge on any atom is -0.481 e. The molecule has 2 aromatic rings. The summed E-state index contributed by atoms with van der Waals surface area (Å²) >= 11 is 0. The summed E-state index contributed by atoms with van der Waals surface area (Å²) in [7, 11) is -5.28. The molecule has 0 fully saturated rings. The number of aliphatic carboxylic acids is 2. The fraction of sp³-hybridized carbons (Fsp3) is 0.348. The molecule has 3 N–H and O–H groups in total. The van der Waals surface area contributed by atoms with Gasteiger partial charge in [-0.2, -0.15) is 0 Å². The maximum Gasteiger partial charge on any atom is 0.303 e. The summed E-state index contributed by atoms with van der Waals surface area (Å²) in [6.45, 7) is -0.0117. The number of sulfonamides is 2. The lowest BCUT2D eigenvalue weighted by atomic mass is 10.1. The molecule has 3 rings (SSSR count). The molecule has 14 heteroatoms. The zero-order valence-electron chi connectivity index (χ0n) is 20.2. The highest BCUT2D eigenvalue weighted by Gasteiger charge is 2.31. The zero-order chi connectivity index (χ0) is 27.5. The first-order valence-electron chi connectivity index (χ1n) is 11.2. The van der Waals surface area contributed by atoms with Crippen molar-refractivity contribution in [1.29, 1.82) is 0 Å². The van der Waals surface area contributed by atoms with Gasteiger partial charge in [-0.25, -0.2) is 25.4 Å². The van der Waals surface area contributed by atoms with Crippen LogP contribution in [0.25, 0.3) is 11.1 Å². The van der Waals surface area contributed by atoms with Gasteiger partial charge in [0.05, 0.1) is 9.79 Å². The number of carbonyl (C=O) groups is 2. The molecule has 0 atom stereocenters. The van der Waals surface area contributed by atoms with Crippen LogP contribution in [0.5, 0.6) is 0 Å². The van der Waals surface area contributed by atoms with Crippen LogP contribution in [-0.2, 0) is 29.6 Å². The molecular weight excluding hydrogens is 526 g/mol. The predicted molar refractivity (Wildman–Crippen MR) is 133 cm³/mol. The monoisotopic (exact) mass is 553 g/mol. The molecule has 200 valence electrons. The molecule has 1 aliphatic rings. The van der Waals surface area contributed by atoms with Crippen molar-refractivity contribution in [3.05, 3.63) is 47.5 Å². The molecular formula is C23H27N3O9S2. The molecule has 0 aromatic heterocycles. The quantitative estimate of drug-likeness (QED) is 0.223. The highest BCUT2D eigenvalue weighted by molar-refractivity contribution is 7.89. The number of nitrogens with zero attached hydrogens (tertiary/aromatic N) is 3. The molecule has 0 saturated heterocycles. The number of hydrogen-bond acceptors (Lipinski definition) is 8. The van der Waals surface area contributed by atoms with Crippen LogP contribution in [0.15, 0.2) is 51.3 Å². The van der Waals surface area contributed by atoms with Crippen LogP contribution in [0.1, 0.15) is 36.8 Å². The van der Waals surface area contributed by atoms with Crippen molar-refractivity contribution in [3.8, 4) is 11.1 Å². The molecule has 0 aliphatic heterocycles. The average molecular weight is 554 g/mol. The van der Waals surface area contributed by atoms with Crippen molar-refractivity contribution in [2.75, 3.05) is 27.2 Å². The molecule has 0 unspecified atom stereocenters. The summed E-state index contributed by atoms with van der Waals surface area (Å²) in [5.41, 5.74) is 1.69. The van der Waals surface area contributed by atoms with E-state index < -0.39 is 32.0 Å². The van der Waals surface area contributed by atoms with Crippen LogP contribution in [0.3, 0.4) is 0 Å². The van der Waals surface area contributed by atoms with E-state index in [2.05, 4.69) is 5.16 Å². The minimum absolute atomic E-state index is 0.00107. The second-order valence-electron chi connectivity index (χ2n) is 8.51. The molecule has 2 aromatic carbocycles. The third-order valence-electron chi connectivity index (χ3n) is 6.03. The normalized spacial score (nSPS) is 13.0. The van der Waals surface area contributed by atoms with Gasteiger partial charge in [-0.1, -0.05) is 17.3 Å². The van der Waals surface area contributed by atoms with Crippen LogP contribution >= 0.6 is 0 Å². The van der Waals surface area contributed by atoms with Gasteiger partial charge in [0.2, 0.25) is 20.0 Å². The van der Waals surface area contributed by atoms with E-state index in [-0.39, 0.29) is 54.3 Å². The molecule has 0 amide bonds. The molecule has 0 bridgehead atoms. The first kappa shape index (κ1) is 28.2. The predicted octanol–water partition coefficient (Wildman–Crippen LogP) is 1.86. The Bertz CT molecular complexity index is 1360. The first-order chi connectivity index (χ1) is 17.3. The second-order valence-corrected chi connectivity index (χ2v) is 12.6. The van der Waals surface area contributed by atoms with Gasteiger partial charge in [0.25, 0.3) is 0 Å². The highest BCUT2D eigenvalue weighted by Crippen LogP contribution is 2.39. The summed E-state index contributed by atoms with van der Waals surface area (Å²) in [5, 5.41) is 30.6. The minimum atomic E-state index is -3.98. The molecule has 0 saturated carbocycles. The van der Waals surface area contributed by atoms with E-state index in [9.17, 15) is 31.6 Å². The lowest BCUT2D eigenvalue weighted by molar-refractivity contribution is -0.138. The topological polar surface area (TPSA) is 182 Å². The standard InChI is InChI=1S/C23H27N3O9S2/c1-25(11-3-5-21(27)28)36(32,33)15-7-9-17-18-10-8-16(14-20(18)23(24-31)19(17)13-15)37(34,35)26(2)12-4-6-22(29)30/h7-10,13-14,31H,3-6,11-12H2,1-2H3,(H,27,28)(H,29,30). The maximum absolute atomic E-state index is 13.0. The zero-order valence-corrected chi connectivity index (χ0v) is 21.8. The summed E-state index contributed by atoms with van der Waals surface area (Å²) in [5.74, 6) is -2.06. The summed E-state index contributed by atoms with van der Waals surface area (Å²) in [6.07, 6.45) is -0.0963. The van der Waals surface area contributed by atoms with E-state index >= 15 is 0 Å². The molecule has 0 spiro atoms. The highest BCUT2D eigenvalue weighted by atomic mass is 32.2. The van der Waals surface area contributed by atoms with Gasteiger partial charge in [-0.3, -0.25) is 9.59 Å². The van der Waals surface area contributed by atoms with E-state index in [1.54, 1.807) is 0 Å². The van der Waals surface area contributed by atoms with E-state index in [1.165, 1.54) is 50.5 Å². The number of fused-ring (bicyclic) bond motifs is 3. The summed E-state index contributed by atoms with van der Waals surface area (Å²) in [4.78, 5) is 21.3. The average Bonchev–Trinajstić information content (AvgIpc) is 3.15. The van der Waals surface area contributed by atoms with Crippen molar-refractivity contribution in [2.45, 2.75) is 35.5 Å². The van der Waals surface area contributed by atoms with Gasteiger partial charge in [0, 0.05) is 51.2 Å². The Balaban J connectivity index is 1.92. The van der Waals surface area contributed by atoms with E-state index in [1.807, 2.05) is 0 Å². The third kappa shape index (κ3) is 5.82. The number of carboxylic acids is 2. The van der Waals surface area contributed by atoms with Crippen molar-refractivity contribution < 1.29 is 41.8 Å². The van der Waals surface area contributed by atoms with E-state index in [4.69, 9.17) is 10.2 Å². The summed E-state index contributed by atoms with van der Waals surface area (Å²) < 4.78 is 54.2. The Morgan fingerprint density at radius 1 is 0.730 bits per heavy atom. The fourth-order valence-corrected chi connectivity index (χ4v) is 6.46. The van der Waals surface area contributed by atoms with Gasteiger partial charge >= 0.3 is 11.9 Å². The molecule has 37 heavy (non-hydrogen) atoms. The third-order valence-corrected chi connectivity index (χ3v) is 9.73. The van der Waals surface area contributed by atoms with Crippen LogP contribution in [0.4, 0.5) is 0 Å². The number of carboxylic acid groups (broad SMARTS) is 2. The van der Waals surface area contributed by atoms with Crippen LogP contribution < -0.4 is 0 Å². The second kappa shape index (κ2) is 11.0. The van der Waals surface area contributed by atoms with Crippen molar-refractivity contribution >= 4 is 37.7 Å². The Morgan fingerprint density at radius 2 is 1.11 bits per heavy atom. The number of rotatable bonds is 12. The lowest BCUT2D eigenvalue weighted by Crippen LogP contribution is -2.28. The van der Waals surface area contributed by atoms with Crippen molar-refractivity contribution in [1.82, 2.24) is 8.61 Å². The number of hydrogen-bond donors (Lipinski definition) is 3. The molecule has 1 aliphatic carbocycles. The number of benzene rings is 2. The number of oxime groups is 1. The van der Waals surface area contributed by atoms with Crippen LogP contribution in [0.2, 0.25) is 0 Å². The Hall–Kier alpha value is -3.33. The van der Waals surface area contributed by atoms with E-state index in [0.717, 1.165) is 8.61 Å². The first-order valence-corrected chi connectivity index (χ1v) is 14.1. The fourth-order valence-electron chi connectivity index (χ4n) is 3.99. The van der Waals surface area contributed by atoms with Crippen LogP contribution in [-0.4, -0.2) is 85.7 Å². The largest absolute Gasteiger partial charge is 0.481 e. The SMILES string of the molecule is CN(CCCC(=O)O)S(=O)(=O)c1ccc2c(c1)C(=NO)c1cc(S(=O)(=O)N(C)CCCC(=O)O)ccc1-2. The molecule has 12 nitrogen and oxygen atoms in total. The van der Waals surface area contributed by atoms with E-state index in [0.29, 0.717) is 22.3 Å². The lowest BCUT2D eigenvalue weighted by Gasteiger charge is -2.17. The van der Waals surface area contributed by atoms with Gasteiger partial charge in [-0.05, 0) is 48.2 Å². The summed E-state index contributed by atoms with van der Waals surface area (Å²) in [6, 6.07) is 8.51. The molecule has 0 radical (unpaired) electrons. The smallest absolute Gasteiger partial charge is 0.303 e. The Labute approximate surface area is 214 Å². The van der Waals surface area contributed by atoms with Crippen LogP contribution in [0, 0.1) is 0 Å². The van der Waals surface area contributed by atoms with Gasteiger partial charge in [0.15, 0.2) is 0 Å². The van der Waals surface area contributed by atoms with Crippen molar-refractivity contribution in [3.63, 3.8) is 0 Å². The molecule has 0 heterocycles. The Kier molecular flexibility index (Phi) is 8.37. The van der Waals surface area contributed by atoms with Gasteiger partial charge in [0.1, 0.15) is 5.71 Å².